The number of aromatic amines is 4. The Morgan fingerprint density at radius 1 is 0.431 bits per heavy atom. The minimum atomic E-state index is -0.577. The molecule has 4 aromatic carbocycles. The number of fused-ring (bicyclic) bond motifs is 4. The predicted octanol–water partition coefficient (Wildman–Crippen LogP) is 10.7. The van der Waals surface area contributed by atoms with Gasteiger partial charge in [0.15, 0.2) is 46.7 Å². The molecule has 38 nitrogen and oxygen atoms in total. The number of anilines is 5. The number of pyridine rings is 1. The van der Waals surface area contributed by atoms with Crippen molar-refractivity contribution in [2.45, 2.75) is 84.7 Å². The minimum absolute atomic E-state index is 0.101. The summed E-state index contributed by atoms with van der Waals surface area (Å²) in [5.41, 5.74) is 8.39. The molecule has 6 aliphatic heterocycles. The topological polar surface area (TPSA) is 508 Å². The van der Waals surface area contributed by atoms with Crippen LogP contribution in [0.4, 0.5) is 47.6 Å². The molecule has 6 aliphatic rings. The molecule has 130 heavy (non-hydrogen) atoms. The normalized spacial score (nSPS) is 17.2. The number of aliphatic hydroxyl groups excluding tert-OH is 1. The highest BCUT2D eigenvalue weighted by molar-refractivity contribution is 6.13. The summed E-state index contributed by atoms with van der Waals surface area (Å²) >= 11 is 0. The maximum absolute atomic E-state index is 12.2. The number of benzene rings is 4. The number of aliphatic hydroxyl groups is 1. The van der Waals surface area contributed by atoms with E-state index in [0.717, 1.165) is 86.3 Å². The van der Waals surface area contributed by atoms with Crippen LogP contribution in [0.2, 0.25) is 0 Å². The third-order valence-corrected chi connectivity index (χ3v) is 20.9. The van der Waals surface area contributed by atoms with Gasteiger partial charge in [0.25, 0.3) is 0 Å². The van der Waals surface area contributed by atoms with E-state index in [2.05, 4.69) is 107 Å². The van der Waals surface area contributed by atoms with Gasteiger partial charge in [-0.1, -0.05) is 13.8 Å². The van der Waals surface area contributed by atoms with Gasteiger partial charge in [0, 0.05) is 135 Å². The number of nitrogens with zero attached hydrogens (tertiary/aromatic N) is 9. The van der Waals surface area contributed by atoms with Crippen LogP contribution in [0.1, 0.15) is 105 Å². The Morgan fingerprint density at radius 3 is 1.05 bits per heavy atom. The van der Waals surface area contributed by atoms with Crippen LogP contribution in [0.15, 0.2) is 215 Å². The number of aromatic nitrogens is 5. The number of urea groups is 4. The van der Waals surface area contributed by atoms with Gasteiger partial charge in [-0.15, -0.1) is 0 Å². The standard InChI is InChI=1S/C24H25N7O2.C24H32N6O4.C23H30N6O4.C21H26N6O3/c25-22(16-5-7-17(8-6-16)28-24(32)29-18-3-1-11-26-13-18)30-23(21-4-2-12-27-21)31-14-19-9-10-20(15-31)33-19;1-24(2,3)22(31)34-14-11-27-23(32)28-18-8-6-17(7-9-18)20(25)29-21(19-5-4-10-26-19)30-12-15-33-16-13-30;1-16(2)22(30)33-13-10-26-23(31)27-18-7-5-17(6-8-18)20(24)28-21(19-4-3-9-25-19)29-11-14-32-15-12-29;22-19(14-3-5-15(6-4-14)25-21(29)24-10-11-28)26-20(18-2-1-9-23-18)27-12-16-7-8-17(13-27)30-16/h1-8,11-13,19-20,25,27H,9-10,14-15H2,(H2,28,29,32);4-10,25-26H,11-16H2,1-3H3,(H2,27,28,32);3-9,16,24-25H,10-15H2,1-2H3,(H2,26,27,31);1-6,9,16-17,22-23,28H,7-8,10-13H2,(H2,24,25,29)/t19-,20+;;;16-,17+. The molecule has 17 N–H and O–H groups in total. The Labute approximate surface area is 752 Å². The van der Waals surface area contributed by atoms with Crippen molar-refractivity contribution in [1.82, 2.24) is 60.5 Å². The van der Waals surface area contributed by atoms with E-state index >= 15 is 0 Å². The van der Waals surface area contributed by atoms with Gasteiger partial charge in [0.2, 0.25) is 0 Å². The lowest BCUT2D eigenvalue weighted by Gasteiger charge is -2.34. The minimum Gasteiger partial charge on any atom is -0.464 e. The fourth-order valence-electron chi connectivity index (χ4n) is 14.2. The number of carbonyl (C=O) groups excluding carboxylic acids is 6. The first kappa shape index (κ1) is 94.7. The predicted molar refractivity (Wildman–Crippen MR) is 497 cm³/mol. The third-order valence-electron chi connectivity index (χ3n) is 20.9. The summed E-state index contributed by atoms with van der Waals surface area (Å²) in [4.78, 5) is 115. The van der Waals surface area contributed by atoms with Crippen LogP contribution in [0.3, 0.4) is 0 Å². The summed E-state index contributed by atoms with van der Waals surface area (Å²) in [6.45, 7) is 17.9. The highest BCUT2D eigenvalue weighted by Gasteiger charge is 2.38. The number of esters is 2. The summed E-state index contributed by atoms with van der Waals surface area (Å²) in [7, 11) is 0. The molecule has 0 spiro atoms. The number of rotatable bonds is 22. The molecule has 0 unspecified atom stereocenters. The first-order valence-corrected chi connectivity index (χ1v) is 43.1. The highest BCUT2D eigenvalue weighted by atomic mass is 16.5. The van der Waals surface area contributed by atoms with Gasteiger partial charge < -0.3 is 116 Å². The van der Waals surface area contributed by atoms with Crippen LogP contribution in [0, 0.1) is 33.0 Å². The number of morpholine rings is 4. The van der Waals surface area contributed by atoms with Crippen molar-refractivity contribution in [3.8, 4) is 0 Å². The van der Waals surface area contributed by atoms with Gasteiger partial charge in [-0.2, -0.15) is 0 Å². The number of nitrogens with one attached hydrogen (secondary N) is 16. The van der Waals surface area contributed by atoms with Crippen molar-refractivity contribution in [2.75, 3.05) is 145 Å². The van der Waals surface area contributed by atoms with Gasteiger partial charge in [0.05, 0.1) is 117 Å². The van der Waals surface area contributed by atoms with E-state index in [1.807, 2.05) is 73.3 Å². The first-order chi connectivity index (χ1) is 62.9. The van der Waals surface area contributed by atoms with Crippen molar-refractivity contribution in [2.24, 2.45) is 31.3 Å². The van der Waals surface area contributed by atoms with Crippen LogP contribution >= 0.6 is 0 Å². The Hall–Kier alpha value is -14.5. The smallest absolute Gasteiger partial charge is 0.323 e. The molecule has 8 amide bonds. The van der Waals surface area contributed by atoms with Gasteiger partial charge in [-0.3, -0.25) is 36.2 Å². The summed E-state index contributed by atoms with van der Waals surface area (Å²) in [6, 6.07) is 45.2. The SMILES string of the molecule is CC(C)(C)C(=O)OCCNC(=O)Nc1ccc(C(=N)N=C(c2ccc[nH]2)N2CCOCC2)cc1.CC(C)C(=O)OCCNC(=O)Nc1ccc(C(=N)N=C(c2ccc[nH]2)N2CCOCC2)cc1.N=C(N=C(c1ccc[nH]1)N1C[C@H]2CC[C@@H](C1)O2)c1ccc(NC(=O)NCCO)cc1.N=C(N=C(c1ccc[nH]1)N1C[C@H]2CC[C@@H](C1)O2)c1ccc(NC(=O)Nc2cccnc2)cc1. The van der Waals surface area contributed by atoms with E-state index < -0.39 is 17.5 Å². The molecule has 6 fully saturated rings. The number of hydrogen-bond acceptors (Lipinski definition) is 18. The molecule has 38 heteroatoms. The second kappa shape index (κ2) is 47.4. The highest BCUT2D eigenvalue weighted by Crippen LogP contribution is 2.30. The number of ether oxygens (including phenoxy) is 6. The lowest BCUT2D eigenvalue weighted by atomic mass is 9.97. The van der Waals surface area contributed by atoms with Gasteiger partial charge in [-0.25, -0.2) is 39.1 Å². The number of carbonyl (C=O) groups is 6. The molecular weight excluding hydrogens is 1660 g/mol. The largest absolute Gasteiger partial charge is 0.464 e. The zero-order chi connectivity index (χ0) is 91.7. The molecule has 11 heterocycles. The molecule has 4 atom stereocenters. The van der Waals surface area contributed by atoms with E-state index in [9.17, 15) is 28.8 Å². The molecule has 4 bridgehead atoms. The van der Waals surface area contributed by atoms with Crippen LogP contribution in [-0.4, -0.2) is 275 Å². The van der Waals surface area contributed by atoms with Gasteiger partial charge in [-0.05, 0) is 204 Å². The fourth-order valence-corrected chi connectivity index (χ4v) is 14.2. The van der Waals surface area contributed by atoms with Crippen LogP contribution in [0.25, 0.3) is 0 Å². The number of likely N-dealkylation sites (tertiary alicyclic amines) is 2. The lowest BCUT2D eigenvalue weighted by Crippen LogP contribution is -2.46. The van der Waals surface area contributed by atoms with E-state index in [4.69, 9.17) is 55.2 Å². The molecule has 9 aromatic rings. The lowest BCUT2D eigenvalue weighted by molar-refractivity contribution is -0.152. The Morgan fingerprint density at radius 2 is 0.746 bits per heavy atom. The summed E-state index contributed by atoms with van der Waals surface area (Å²) < 4.78 is 32.9. The number of amides is 8. The maximum atomic E-state index is 12.2. The van der Waals surface area contributed by atoms with Crippen LogP contribution in [-0.2, 0) is 38.0 Å². The van der Waals surface area contributed by atoms with Crippen LogP contribution in [0.5, 0.6) is 0 Å². The van der Waals surface area contributed by atoms with E-state index in [-0.39, 0.29) is 117 Å². The summed E-state index contributed by atoms with van der Waals surface area (Å²) in [5.74, 6) is 2.63. The molecule has 684 valence electrons. The second-order valence-electron chi connectivity index (χ2n) is 32.1. The first-order valence-electron chi connectivity index (χ1n) is 43.1. The molecule has 5 aromatic heterocycles. The molecular formula is C92H113N25O13. The van der Waals surface area contributed by atoms with Crippen molar-refractivity contribution >= 4 is 111 Å². The van der Waals surface area contributed by atoms with E-state index in [1.54, 1.807) is 156 Å². The number of hydrogen-bond donors (Lipinski definition) is 17. The van der Waals surface area contributed by atoms with Crippen molar-refractivity contribution in [1.29, 1.82) is 21.6 Å². The van der Waals surface area contributed by atoms with Gasteiger partial charge >= 0.3 is 36.1 Å². The van der Waals surface area contributed by atoms with Crippen molar-refractivity contribution in [3.05, 3.63) is 240 Å². The monoisotopic (exact) mass is 1780 g/mol. The average molecular weight is 1780 g/mol. The second-order valence-corrected chi connectivity index (χ2v) is 32.1. The Kier molecular flexibility index (Phi) is 34.5. The molecule has 0 saturated carbocycles. The number of aliphatic imine (C=N–C) groups is 4. The molecule has 15 rings (SSSR count). The Bertz CT molecular complexity index is 5320. The molecule has 6 saturated heterocycles. The van der Waals surface area contributed by atoms with Crippen molar-refractivity contribution < 1.29 is 62.3 Å². The van der Waals surface area contributed by atoms with E-state index in [0.29, 0.717) is 115 Å². The average Bonchev–Trinajstić information content (AvgIpc) is 1.69. The number of H-pyrrole nitrogens is 4. The summed E-state index contributed by atoms with van der Waals surface area (Å²) in [5, 5.41) is 64.2. The molecule has 0 aliphatic carbocycles. The quantitative estimate of drug-likeness (QED) is 0.0130. The zero-order valence-electron chi connectivity index (χ0n) is 73.3. The van der Waals surface area contributed by atoms with Crippen molar-refractivity contribution in [3.63, 3.8) is 0 Å². The third kappa shape index (κ3) is 28.8. The summed E-state index contributed by atoms with van der Waals surface area (Å²) in [6.07, 6.45) is 15.7. The maximum Gasteiger partial charge on any atom is 0.323 e. The molecule has 0 radical (unpaired) electrons. The zero-order valence-corrected chi connectivity index (χ0v) is 73.3. The Balaban J connectivity index is 0.000000157. The van der Waals surface area contributed by atoms with Crippen LogP contribution < -0.4 is 42.5 Å². The van der Waals surface area contributed by atoms with Gasteiger partial charge in [0.1, 0.15) is 13.2 Å². The fraction of sp³-hybridized carbons (Fsp3) is 0.359. The number of amidine groups is 8. The van der Waals surface area contributed by atoms with E-state index in [1.165, 1.54) is 0 Å².